The van der Waals surface area contributed by atoms with Crippen LogP contribution in [0.4, 0.5) is 24.5 Å². The Morgan fingerprint density at radius 3 is 2.62 bits per heavy atom. The molecular formula is C16H14ClF3N4. The van der Waals surface area contributed by atoms with Crippen molar-refractivity contribution in [3.63, 3.8) is 0 Å². The van der Waals surface area contributed by atoms with E-state index in [4.69, 9.17) is 11.6 Å². The molecule has 0 radical (unpaired) electrons. The van der Waals surface area contributed by atoms with Gasteiger partial charge in [-0.05, 0) is 24.1 Å². The Labute approximate surface area is 141 Å². The minimum absolute atomic E-state index is 0.173. The molecule has 0 saturated heterocycles. The third kappa shape index (κ3) is 3.17. The van der Waals surface area contributed by atoms with Gasteiger partial charge >= 0.3 is 6.18 Å². The number of imidazole rings is 1. The van der Waals surface area contributed by atoms with Gasteiger partial charge in [-0.3, -0.25) is 0 Å². The maximum Gasteiger partial charge on any atom is 0.416 e. The molecule has 24 heavy (non-hydrogen) atoms. The second-order valence-corrected chi connectivity index (χ2v) is 6.04. The smallest absolute Gasteiger partial charge is 0.352 e. The van der Waals surface area contributed by atoms with Gasteiger partial charge in [-0.25, -0.2) is 9.50 Å². The second-order valence-electron chi connectivity index (χ2n) is 5.66. The molecule has 4 nitrogen and oxygen atoms in total. The zero-order valence-electron chi connectivity index (χ0n) is 12.9. The van der Waals surface area contributed by atoms with Gasteiger partial charge in [-0.1, -0.05) is 31.5 Å². The molecule has 8 heteroatoms. The zero-order chi connectivity index (χ0) is 17.5. The van der Waals surface area contributed by atoms with E-state index in [9.17, 15) is 13.2 Å². The van der Waals surface area contributed by atoms with Gasteiger partial charge in [0.15, 0.2) is 10.8 Å². The first-order valence-electron chi connectivity index (χ1n) is 7.24. The van der Waals surface area contributed by atoms with Crippen LogP contribution in [-0.4, -0.2) is 14.6 Å². The van der Waals surface area contributed by atoms with E-state index in [1.807, 2.05) is 13.8 Å². The minimum Gasteiger partial charge on any atom is -0.352 e. The molecule has 0 aliphatic heterocycles. The first kappa shape index (κ1) is 16.6. The lowest BCUT2D eigenvalue weighted by Crippen LogP contribution is -2.06. The molecule has 1 aromatic carbocycles. The van der Waals surface area contributed by atoms with Crippen molar-refractivity contribution in [1.82, 2.24) is 14.6 Å². The average molecular weight is 355 g/mol. The Kier molecular flexibility index (Phi) is 4.13. The number of halogens is 4. The van der Waals surface area contributed by atoms with Gasteiger partial charge in [0.25, 0.3) is 0 Å². The Morgan fingerprint density at radius 2 is 1.96 bits per heavy atom. The number of hydrogen-bond donors (Lipinski definition) is 1. The van der Waals surface area contributed by atoms with E-state index in [1.54, 1.807) is 16.8 Å². The Balaban J connectivity index is 2.05. The molecule has 0 saturated carbocycles. The highest BCUT2D eigenvalue weighted by Gasteiger charge is 2.30. The van der Waals surface area contributed by atoms with E-state index in [2.05, 4.69) is 15.4 Å². The number of anilines is 2. The van der Waals surface area contributed by atoms with Crippen LogP contribution in [0, 0.1) is 0 Å². The van der Waals surface area contributed by atoms with E-state index in [1.165, 1.54) is 12.1 Å². The molecule has 126 valence electrons. The summed E-state index contributed by atoms with van der Waals surface area (Å²) in [6.07, 6.45) is -2.72. The monoisotopic (exact) mass is 354 g/mol. The molecule has 0 aliphatic carbocycles. The lowest BCUT2D eigenvalue weighted by atomic mass is 10.1. The number of fused-ring (bicyclic) bond motifs is 1. The van der Waals surface area contributed by atoms with Crippen molar-refractivity contribution < 1.29 is 13.2 Å². The predicted octanol–water partition coefficient (Wildman–Crippen LogP) is 5.27. The van der Waals surface area contributed by atoms with E-state index in [0.29, 0.717) is 17.0 Å². The van der Waals surface area contributed by atoms with Gasteiger partial charge in [0.2, 0.25) is 0 Å². The summed E-state index contributed by atoms with van der Waals surface area (Å²) in [6.45, 7) is 3.98. The summed E-state index contributed by atoms with van der Waals surface area (Å²) >= 11 is 6.05. The Bertz CT molecular complexity index is 887. The normalized spacial score (nSPS) is 12.1. The Morgan fingerprint density at radius 1 is 1.21 bits per heavy atom. The molecule has 0 unspecified atom stereocenters. The quantitative estimate of drug-likeness (QED) is 0.696. The first-order chi connectivity index (χ1) is 11.3. The summed E-state index contributed by atoms with van der Waals surface area (Å²) in [5, 5.41) is 7.38. The van der Waals surface area contributed by atoms with Crippen LogP contribution in [-0.2, 0) is 6.18 Å². The minimum atomic E-state index is -4.40. The molecule has 3 aromatic rings. The fourth-order valence-electron chi connectivity index (χ4n) is 2.37. The number of hydrogen-bond acceptors (Lipinski definition) is 3. The number of rotatable bonds is 3. The van der Waals surface area contributed by atoms with Crippen LogP contribution in [0.25, 0.3) is 5.65 Å². The molecular weight excluding hydrogens is 341 g/mol. The summed E-state index contributed by atoms with van der Waals surface area (Å²) < 4.78 is 40.1. The van der Waals surface area contributed by atoms with Crippen molar-refractivity contribution >= 4 is 28.6 Å². The second kappa shape index (κ2) is 5.98. The van der Waals surface area contributed by atoms with Crippen LogP contribution in [0.1, 0.15) is 31.0 Å². The van der Waals surface area contributed by atoms with Crippen molar-refractivity contribution in [3.05, 3.63) is 52.9 Å². The largest absolute Gasteiger partial charge is 0.416 e. The topological polar surface area (TPSA) is 42.2 Å². The van der Waals surface area contributed by atoms with E-state index in [0.717, 1.165) is 17.8 Å². The molecule has 0 aliphatic rings. The zero-order valence-corrected chi connectivity index (χ0v) is 13.7. The predicted molar refractivity (Wildman–Crippen MR) is 86.8 cm³/mol. The molecule has 2 heterocycles. The van der Waals surface area contributed by atoms with Gasteiger partial charge in [0.1, 0.15) is 0 Å². The number of benzene rings is 1. The van der Waals surface area contributed by atoms with E-state index < -0.39 is 11.7 Å². The summed E-state index contributed by atoms with van der Waals surface area (Å²) in [6, 6.07) is 6.49. The summed E-state index contributed by atoms with van der Waals surface area (Å²) in [5.74, 6) is 0.173. The van der Waals surface area contributed by atoms with E-state index in [-0.39, 0.29) is 11.1 Å². The van der Waals surface area contributed by atoms with Crippen LogP contribution in [0.5, 0.6) is 0 Å². The van der Waals surface area contributed by atoms with Crippen LogP contribution >= 0.6 is 11.6 Å². The lowest BCUT2D eigenvalue weighted by molar-refractivity contribution is -0.137. The molecule has 3 rings (SSSR count). The van der Waals surface area contributed by atoms with Crippen molar-refractivity contribution in [2.75, 3.05) is 5.32 Å². The third-order valence-electron chi connectivity index (χ3n) is 3.52. The van der Waals surface area contributed by atoms with Gasteiger partial charge in [-0.15, -0.1) is 0 Å². The number of alkyl halides is 3. The summed E-state index contributed by atoms with van der Waals surface area (Å²) in [4.78, 5) is 4.31. The number of nitrogens with one attached hydrogen (secondary N) is 1. The fraction of sp³-hybridized carbons (Fsp3) is 0.250. The molecule has 0 fully saturated rings. The molecule has 0 atom stereocenters. The van der Waals surface area contributed by atoms with Gasteiger partial charge in [-0.2, -0.15) is 18.3 Å². The fourth-order valence-corrected chi connectivity index (χ4v) is 2.55. The molecule has 0 bridgehead atoms. The third-order valence-corrected chi connectivity index (χ3v) is 3.71. The SMILES string of the molecule is CC(C)c1cnc2c(Nc3cccc(C(F)(F)F)c3)cc(Cl)nn12. The van der Waals surface area contributed by atoms with Crippen molar-refractivity contribution in [2.24, 2.45) is 0 Å². The van der Waals surface area contributed by atoms with Crippen molar-refractivity contribution in [1.29, 1.82) is 0 Å². The van der Waals surface area contributed by atoms with Crippen molar-refractivity contribution in [2.45, 2.75) is 25.9 Å². The summed E-state index contributed by atoms with van der Waals surface area (Å²) in [5.41, 5.74) is 1.42. The molecule has 1 N–H and O–H groups in total. The number of aromatic nitrogens is 3. The first-order valence-corrected chi connectivity index (χ1v) is 7.62. The maximum absolute atomic E-state index is 12.8. The van der Waals surface area contributed by atoms with Crippen LogP contribution in [0.2, 0.25) is 5.15 Å². The van der Waals surface area contributed by atoms with Gasteiger partial charge < -0.3 is 5.32 Å². The lowest BCUT2D eigenvalue weighted by Gasteiger charge is -2.12. The highest BCUT2D eigenvalue weighted by molar-refractivity contribution is 6.29. The van der Waals surface area contributed by atoms with Crippen LogP contribution in [0.15, 0.2) is 36.5 Å². The van der Waals surface area contributed by atoms with Crippen LogP contribution < -0.4 is 5.32 Å². The van der Waals surface area contributed by atoms with Gasteiger partial charge in [0, 0.05) is 11.8 Å². The number of nitrogens with zero attached hydrogens (tertiary/aromatic N) is 3. The summed E-state index contributed by atoms with van der Waals surface area (Å²) in [7, 11) is 0. The molecule has 0 amide bonds. The molecule has 0 spiro atoms. The maximum atomic E-state index is 12.8. The highest BCUT2D eigenvalue weighted by Crippen LogP contribution is 2.32. The standard InChI is InChI=1S/C16H14ClF3N4/c1-9(2)13-8-21-15-12(7-14(17)23-24(13)15)22-11-5-3-4-10(6-11)16(18,19)20/h3-9,22H,1-2H3. The van der Waals surface area contributed by atoms with Crippen molar-refractivity contribution in [3.8, 4) is 0 Å². The van der Waals surface area contributed by atoms with E-state index >= 15 is 0 Å². The van der Waals surface area contributed by atoms with Crippen LogP contribution in [0.3, 0.4) is 0 Å². The highest BCUT2D eigenvalue weighted by atomic mass is 35.5. The Hall–Kier alpha value is -2.28. The van der Waals surface area contributed by atoms with Gasteiger partial charge in [0.05, 0.1) is 23.1 Å². The average Bonchev–Trinajstić information content (AvgIpc) is 2.90. The molecule has 2 aromatic heterocycles.